The Morgan fingerprint density at radius 1 is 0.903 bits per heavy atom. The molecule has 0 radical (unpaired) electrons. The number of ether oxygens (including phenoxy) is 3. The van der Waals surface area contributed by atoms with E-state index >= 15 is 0 Å². The van der Waals surface area contributed by atoms with Crippen LogP contribution in [0.1, 0.15) is 5.56 Å². The van der Waals surface area contributed by atoms with Gasteiger partial charge in [-0.2, -0.15) is 13.2 Å². The first-order valence-corrected chi connectivity index (χ1v) is 8.80. The second-order valence-corrected chi connectivity index (χ2v) is 6.43. The molecule has 0 heterocycles. The quantitative estimate of drug-likeness (QED) is 0.226. The molecule has 0 bridgehead atoms. The van der Waals surface area contributed by atoms with Crippen LogP contribution in [0.15, 0.2) is 54.6 Å². The molecule has 0 N–H and O–H groups in total. The Morgan fingerprint density at radius 3 is 2.06 bits per heavy atom. The van der Waals surface area contributed by atoms with Crippen LogP contribution in [0.3, 0.4) is 0 Å². The Bertz CT molecular complexity index is 1100. The minimum Gasteiger partial charge on any atom is -0.497 e. The summed E-state index contributed by atoms with van der Waals surface area (Å²) in [7, 11) is 1.47. The summed E-state index contributed by atoms with van der Waals surface area (Å²) in [6.07, 6.45) is -4.98. The number of methoxy groups -OCH3 is 1. The highest BCUT2D eigenvalue weighted by atomic mass is 35.5. The van der Waals surface area contributed by atoms with E-state index in [1.54, 1.807) is 12.1 Å². The van der Waals surface area contributed by atoms with Crippen LogP contribution in [-0.4, -0.2) is 12.0 Å². The molecule has 0 aliphatic carbocycles. The highest BCUT2D eigenvalue weighted by Gasteiger charge is 2.37. The van der Waals surface area contributed by atoms with Gasteiger partial charge in [0.25, 0.3) is 0 Å². The van der Waals surface area contributed by atoms with Gasteiger partial charge in [-0.15, -0.1) is 0 Å². The lowest BCUT2D eigenvalue weighted by Gasteiger charge is -2.13. The number of hydrogen-bond acceptors (Lipinski definition) is 5. The number of rotatable bonds is 6. The summed E-state index contributed by atoms with van der Waals surface area (Å²) in [5.74, 6) is -1.41. The van der Waals surface area contributed by atoms with Gasteiger partial charge in [0.1, 0.15) is 34.4 Å². The third kappa shape index (κ3) is 5.15. The summed E-state index contributed by atoms with van der Waals surface area (Å²) in [6.45, 7) is 0. The summed E-state index contributed by atoms with van der Waals surface area (Å²) in [6, 6.07) is 10.9. The van der Waals surface area contributed by atoms with Crippen molar-refractivity contribution in [1.29, 1.82) is 0 Å². The molecule has 3 aromatic rings. The maximum absolute atomic E-state index is 13.9. The van der Waals surface area contributed by atoms with Crippen LogP contribution in [0.25, 0.3) is 0 Å². The SMILES string of the molecule is COc1ccc(Oc2cc(Oc3cc(F)c(C(F)(F)F)c(Cl)c3)ccc2[N+](=O)[O-])cc1. The van der Waals surface area contributed by atoms with Gasteiger partial charge in [-0.05, 0) is 30.3 Å². The molecule has 0 aromatic heterocycles. The third-order valence-corrected chi connectivity index (χ3v) is 4.25. The molecule has 0 saturated heterocycles. The topological polar surface area (TPSA) is 70.8 Å². The van der Waals surface area contributed by atoms with E-state index < -0.39 is 27.5 Å². The molecule has 0 amide bonds. The van der Waals surface area contributed by atoms with Gasteiger partial charge in [0.05, 0.1) is 17.1 Å². The minimum atomic E-state index is -4.98. The highest BCUT2D eigenvalue weighted by Crippen LogP contribution is 2.41. The summed E-state index contributed by atoms with van der Waals surface area (Å²) < 4.78 is 68.3. The highest BCUT2D eigenvalue weighted by molar-refractivity contribution is 6.31. The van der Waals surface area contributed by atoms with Crippen LogP contribution < -0.4 is 14.2 Å². The van der Waals surface area contributed by atoms with E-state index in [4.69, 9.17) is 25.8 Å². The predicted octanol–water partition coefficient (Wildman–Crippen LogP) is 7.00. The van der Waals surface area contributed by atoms with Gasteiger partial charge >= 0.3 is 11.9 Å². The average molecular weight is 458 g/mol. The van der Waals surface area contributed by atoms with Crippen LogP contribution >= 0.6 is 11.6 Å². The number of nitro groups is 1. The van der Waals surface area contributed by atoms with Crippen LogP contribution in [0.4, 0.5) is 23.2 Å². The molecular formula is C20H12ClF4NO5. The number of nitro benzene ring substituents is 1. The van der Waals surface area contributed by atoms with Gasteiger partial charge in [-0.25, -0.2) is 4.39 Å². The Morgan fingerprint density at radius 2 is 1.52 bits per heavy atom. The zero-order valence-corrected chi connectivity index (χ0v) is 16.3. The molecule has 11 heteroatoms. The average Bonchev–Trinajstić information content (AvgIpc) is 2.67. The number of hydrogen-bond donors (Lipinski definition) is 0. The summed E-state index contributed by atoms with van der Waals surface area (Å²) >= 11 is 5.55. The van der Waals surface area contributed by atoms with Gasteiger partial charge in [-0.1, -0.05) is 11.6 Å². The number of halogens is 5. The molecule has 0 aliphatic rings. The lowest BCUT2D eigenvalue weighted by molar-refractivity contribution is -0.385. The minimum absolute atomic E-state index is 0.0515. The first-order valence-electron chi connectivity index (χ1n) is 8.43. The van der Waals surface area contributed by atoms with Crippen molar-refractivity contribution in [3.63, 3.8) is 0 Å². The zero-order valence-electron chi connectivity index (χ0n) is 15.6. The predicted molar refractivity (Wildman–Crippen MR) is 103 cm³/mol. The van der Waals surface area contributed by atoms with E-state index in [2.05, 4.69) is 0 Å². The van der Waals surface area contributed by atoms with Gasteiger partial charge in [-0.3, -0.25) is 10.1 Å². The number of nitrogens with zero attached hydrogens (tertiary/aromatic N) is 1. The Kier molecular flexibility index (Phi) is 6.21. The van der Waals surface area contributed by atoms with Crippen LogP contribution in [0.2, 0.25) is 5.02 Å². The van der Waals surface area contributed by atoms with E-state index in [1.165, 1.54) is 25.3 Å². The van der Waals surface area contributed by atoms with E-state index in [-0.39, 0.29) is 28.7 Å². The van der Waals surface area contributed by atoms with Crippen molar-refractivity contribution >= 4 is 17.3 Å². The molecular weight excluding hydrogens is 446 g/mol. The number of benzene rings is 3. The van der Waals surface area contributed by atoms with Gasteiger partial charge in [0.15, 0.2) is 0 Å². The second-order valence-electron chi connectivity index (χ2n) is 6.03. The molecule has 3 aromatic carbocycles. The van der Waals surface area contributed by atoms with Crippen molar-refractivity contribution in [3.05, 3.63) is 81.1 Å². The zero-order chi connectivity index (χ0) is 22.8. The van der Waals surface area contributed by atoms with Gasteiger partial charge < -0.3 is 14.2 Å². The molecule has 0 atom stereocenters. The van der Waals surface area contributed by atoms with Crippen molar-refractivity contribution in [2.24, 2.45) is 0 Å². The maximum atomic E-state index is 13.9. The summed E-state index contributed by atoms with van der Waals surface area (Å²) in [5, 5.41) is 10.4. The Labute approximate surface area is 177 Å². The first-order chi connectivity index (χ1) is 14.6. The maximum Gasteiger partial charge on any atom is 0.420 e. The van der Waals surface area contributed by atoms with Crippen LogP contribution in [0, 0.1) is 15.9 Å². The number of alkyl halides is 3. The van der Waals surface area contributed by atoms with Gasteiger partial charge in [0.2, 0.25) is 5.75 Å². The van der Waals surface area contributed by atoms with E-state index in [0.29, 0.717) is 11.8 Å². The smallest absolute Gasteiger partial charge is 0.420 e. The Hall–Kier alpha value is -3.53. The third-order valence-electron chi connectivity index (χ3n) is 3.95. The summed E-state index contributed by atoms with van der Waals surface area (Å²) in [4.78, 5) is 10.6. The van der Waals surface area contributed by atoms with Crippen LogP contribution in [-0.2, 0) is 6.18 Å². The fraction of sp³-hybridized carbons (Fsp3) is 0.100. The van der Waals surface area contributed by atoms with E-state index in [0.717, 1.165) is 18.2 Å². The monoisotopic (exact) mass is 457 g/mol. The standard InChI is InChI=1S/C20H12ClF4NO5/c1-29-11-2-4-12(5-3-11)31-18-10-13(6-7-17(18)26(27)28)30-14-8-15(21)19(16(22)9-14)20(23,24)25/h2-10H,1H3. The van der Waals surface area contributed by atoms with Crippen molar-refractivity contribution in [1.82, 2.24) is 0 Å². The van der Waals surface area contributed by atoms with Crippen molar-refractivity contribution < 1.29 is 36.7 Å². The molecule has 0 fully saturated rings. The fourth-order valence-corrected chi connectivity index (χ4v) is 2.88. The largest absolute Gasteiger partial charge is 0.497 e. The van der Waals surface area contributed by atoms with Crippen molar-refractivity contribution in [2.75, 3.05) is 7.11 Å². The van der Waals surface area contributed by atoms with Crippen molar-refractivity contribution in [2.45, 2.75) is 6.18 Å². The molecule has 0 spiro atoms. The normalized spacial score (nSPS) is 11.2. The fourth-order valence-electron chi connectivity index (χ4n) is 2.58. The molecule has 0 saturated carbocycles. The Balaban J connectivity index is 1.92. The van der Waals surface area contributed by atoms with E-state index in [1.807, 2.05) is 0 Å². The molecule has 0 unspecified atom stereocenters. The lowest BCUT2D eigenvalue weighted by atomic mass is 10.2. The van der Waals surface area contributed by atoms with Gasteiger partial charge in [0, 0.05) is 24.3 Å². The first kappa shape index (κ1) is 22.2. The molecule has 0 aliphatic heterocycles. The van der Waals surface area contributed by atoms with E-state index in [9.17, 15) is 27.7 Å². The second kappa shape index (κ2) is 8.68. The molecule has 6 nitrogen and oxygen atoms in total. The molecule has 3 rings (SSSR count). The summed E-state index contributed by atoms with van der Waals surface area (Å²) in [5.41, 5.74) is -2.01. The van der Waals surface area contributed by atoms with Crippen molar-refractivity contribution in [3.8, 4) is 28.7 Å². The van der Waals surface area contributed by atoms with Crippen LogP contribution in [0.5, 0.6) is 28.7 Å². The molecule has 162 valence electrons. The lowest BCUT2D eigenvalue weighted by Crippen LogP contribution is -2.09. The molecule has 31 heavy (non-hydrogen) atoms.